The lowest BCUT2D eigenvalue weighted by Gasteiger charge is -2.29. The van der Waals surface area contributed by atoms with E-state index < -0.39 is 44.8 Å². The smallest absolute Gasteiger partial charge is 0.242 e. The van der Waals surface area contributed by atoms with E-state index in [0.717, 1.165) is 24.3 Å². The maximum Gasteiger partial charge on any atom is 0.242 e. The SMILES string of the molecule is [O-][S+](C1C=CC(O)(O)C(O)=C1)C1C=CC(O)(O)C(O)=C1. The fourth-order valence-electron chi connectivity index (χ4n) is 1.77. The number of hydrogen-bond donors (Lipinski definition) is 6. The minimum atomic E-state index is -2.48. The van der Waals surface area contributed by atoms with E-state index in [2.05, 4.69) is 0 Å². The van der Waals surface area contributed by atoms with Crippen molar-refractivity contribution < 1.29 is 35.2 Å². The molecule has 2 aliphatic rings. The van der Waals surface area contributed by atoms with Gasteiger partial charge in [-0.15, -0.1) is 0 Å². The molecule has 2 atom stereocenters. The number of rotatable bonds is 2. The molecule has 7 nitrogen and oxygen atoms in total. The predicted octanol–water partition coefficient (Wildman–Crippen LogP) is -1.14. The zero-order valence-electron chi connectivity index (χ0n) is 10.1. The molecule has 2 rings (SSSR count). The van der Waals surface area contributed by atoms with Crippen molar-refractivity contribution in [3.05, 3.63) is 48.0 Å². The Morgan fingerprint density at radius 3 is 1.50 bits per heavy atom. The average Bonchev–Trinajstić information content (AvgIpc) is 2.35. The Hall–Kier alpha value is -1.29. The summed E-state index contributed by atoms with van der Waals surface area (Å²) < 4.78 is 12.2. The summed E-state index contributed by atoms with van der Waals surface area (Å²) in [6, 6.07) is 0. The third-order valence-electron chi connectivity index (χ3n) is 2.97. The maximum absolute atomic E-state index is 12.2. The molecule has 6 N–H and O–H groups in total. The topological polar surface area (TPSA) is 144 Å². The van der Waals surface area contributed by atoms with Crippen molar-refractivity contribution in [2.24, 2.45) is 0 Å². The molecule has 0 aromatic carbocycles. The summed E-state index contributed by atoms with van der Waals surface area (Å²) in [6.45, 7) is 0. The summed E-state index contributed by atoms with van der Waals surface area (Å²) in [6.07, 6.45) is 6.32. The molecule has 2 aliphatic carbocycles. The maximum atomic E-state index is 12.2. The number of aliphatic hydroxyl groups is 6. The third-order valence-corrected chi connectivity index (χ3v) is 4.63. The Labute approximate surface area is 117 Å². The van der Waals surface area contributed by atoms with Gasteiger partial charge in [0.2, 0.25) is 11.6 Å². The van der Waals surface area contributed by atoms with Crippen LogP contribution in [0.2, 0.25) is 0 Å². The molecule has 0 aromatic heterocycles. The van der Waals surface area contributed by atoms with E-state index in [1.165, 1.54) is 12.2 Å². The Bertz CT molecular complexity index is 472. The highest BCUT2D eigenvalue weighted by Gasteiger charge is 2.38. The van der Waals surface area contributed by atoms with Crippen LogP contribution in [0.5, 0.6) is 0 Å². The molecule has 0 fully saturated rings. The van der Waals surface area contributed by atoms with Gasteiger partial charge in [-0.05, 0) is 35.5 Å². The molecule has 0 saturated heterocycles. The summed E-state index contributed by atoms with van der Waals surface area (Å²) in [5, 5.41) is 54.3. The molecule has 0 amide bonds. The van der Waals surface area contributed by atoms with Crippen molar-refractivity contribution >= 4 is 11.2 Å². The second-order valence-corrected chi connectivity index (χ2v) is 6.28. The van der Waals surface area contributed by atoms with Crippen molar-refractivity contribution in [2.75, 3.05) is 0 Å². The Morgan fingerprint density at radius 1 is 0.850 bits per heavy atom. The molecule has 0 bridgehead atoms. The normalized spacial score (nSPS) is 32.5. The third kappa shape index (κ3) is 2.75. The highest BCUT2D eigenvalue weighted by Crippen LogP contribution is 2.28. The van der Waals surface area contributed by atoms with Gasteiger partial charge in [0.1, 0.15) is 0 Å². The zero-order valence-corrected chi connectivity index (χ0v) is 10.9. The summed E-state index contributed by atoms with van der Waals surface area (Å²) in [5.41, 5.74) is 0. The molecule has 20 heavy (non-hydrogen) atoms. The van der Waals surface area contributed by atoms with Gasteiger partial charge in [-0.2, -0.15) is 0 Å². The fourth-order valence-corrected chi connectivity index (χ4v) is 3.12. The van der Waals surface area contributed by atoms with Crippen LogP contribution in [-0.4, -0.2) is 57.3 Å². The van der Waals surface area contributed by atoms with Crippen LogP contribution >= 0.6 is 0 Å². The van der Waals surface area contributed by atoms with Crippen molar-refractivity contribution in [1.29, 1.82) is 0 Å². The molecule has 0 radical (unpaired) electrons. The lowest BCUT2D eigenvalue weighted by atomic mass is 10.1. The fraction of sp³-hybridized carbons (Fsp3) is 0.333. The van der Waals surface area contributed by atoms with Gasteiger partial charge < -0.3 is 35.2 Å². The Morgan fingerprint density at radius 2 is 1.20 bits per heavy atom. The average molecular weight is 302 g/mol. The standard InChI is InChI=1S/C12H14O7S/c13-9-5-7(1-3-11(9,15)16)20(19)8-2-4-12(17,18)10(14)6-8/h1-8,13-18H. The van der Waals surface area contributed by atoms with Crippen LogP contribution in [0, 0.1) is 0 Å². The molecule has 110 valence electrons. The van der Waals surface area contributed by atoms with E-state index in [0.29, 0.717) is 0 Å². The summed E-state index contributed by atoms with van der Waals surface area (Å²) in [5.74, 6) is -6.45. The van der Waals surface area contributed by atoms with Crippen LogP contribution in [0.15, 0.2) is 48.0 Å². The molecular weight excluding hydrogens is 288 g/mol. The summed E-state index contributed by atoms with van der Waals surface area (Å²) >= 11 is -1.69. The molecule has 0 saturated carbocycles. The van der Waals surface area contributed by atoms with Gasteiger partial charge in [0.25, 0.3) is 0 Å². The van der Waals surface area contributed by atoms with Gasteiger partial charge in [-0.25, -0.2) is 0 Å². The van der Waals surface area contributed by atoms with Crippen LogP contribution in [0.3, 0.4) is 0 Å². The van der Waals surface area contributed by atoms with Crippen LogP contribution in [0.25, 0.3) is 0 Å². The van der Waals surface area contributed by atoms with Crippen LogP contribution in [0.1, 0.15) is 0 Å². The van der Waals surface area contributed by atoms with Gasteiger partial charge in [0, 0.05) is 12.2 Å². The summed E-state index contributed by atoms with van der Waals surface area (Å²) in [7, 11) is 0. The molecule has 0 aromatic rings. The minimum Gasteiger partial charge on any atom is -0.615 e. The first-order valence-electron chi connectivity index (χ1n) is 5.63. The van der Waals surface area contributed by atoms with Crippen molar-refractivity contribution in [3.8, 4) is 0 Å². The van der Waals surface area contributed by atoms with Crippen LogP contribution in [0.4, 0.5) is 0 Å². The number of aliphatic hydroxyl groups excluding tert-OH is 2. The Balaban J connectivity index is 2.17. The molecule has 8 heteroatoms. The second-order valence-electron chi connectivity index (χ2n) is 4.53. The van der Waals surface area contributed by atoms with Crippen molar-refractivity contribution in [1.82, 2.24) is 0 Å². The van der Waals surface area contributed by atoms with Crippen LogP contribution < -0.4 is 0 Å². The van der Waals surface area contributed by atoms with E-state index in [-0.39, 0.29) is 0 Å². The first-order chi connectivity index (χ1) is 9.13. The second kappa shape index (κ2) is 4.92. The molecule has 2 unspecified atom stereocenters. The van der Waals surface area contributed by atoms with Gasteiger partial charge in [0.05, 0.1) is 0 Å². The Kier molecular flexibility index (Phi) is 3.71. The van der Waals surface area contributed by atoms with Crippen molar-refractivity contribution in [3.63, 3.8) is 0 Å². The van der Waals surface area contributed by atoms with Crippen molar-refractivity contribution in [2.45, 2.75) is 22.1 Å². The summed E-state index contributed by atoms with van der Waals surface area (Å²) in [4.78, 5) is 0. The van der Waals surface area contributed by atoms with Crippen LogP contribution in [-0.2, 0) is 11.2 Å². The van der Waals surface area contributed by atoms with E-state index in [1.807, 2.05) is 0 Å². The van der Waals surface area contributed by atoms with E-state index >= 15 is 0 Å². The zero-order chi connectivity index (χ0) is 15.1. The molecule has 0 heterocycles. The van der Waals surface area contributed by atoms with E-state index in [4.69, 9.17) is 0 Å². The molecule has 0 spiro atoms. The van der Waals surface area contributed by atoms with Gasteiger partial charge in [-0.3, -0.25) is 0 Å². The molecular formula is C12H14O7S. The largest absolute Gasteiger partial charge is 0.615 e. The van der Waals surface area contributed by atoms with Gasteiger partial charge in [0.15, 0.2) is 22.0 Å². The monoisotopic (exact) mass is 302 g/mol. The lowest BCUT2D eigenvalue weighted by molar-refractivity contribution is -0.112. The minimum absolute atomic E-state index is 0.745. The first kappa shape index (κ1) is 15.1. The van der Waals surface area contributed by atoms with E-state index in [9.17, 15) is 35.2 Å². The predicted molar refractivity (Wildman–Crippen MR) is 69.8 cm³/mol. The number of hydrogen-bond acceptors (Lipinski definition) is 7. The van der Waals surface area contributed by atoms with Gasteiger partial charge >= 0.3 is 0 Å². The first-order valence-corrected chi connectivity index (χ1v) is 6.91. The van der Waals surface area contributed by atoms with E-state index in [1.54, 1.807) is 0 Å². The highest BCUT2D eigenvalue weighted by molar-refractivity contribution is 7.93. The highest BCUT2D eigenvalue weighted by atomic mass is 32.2. The lowest BCUT2D eigenvalue weighted by Crippen LogP contribution is -2.39. The quantitative estimate of drug-likeness (QED) is 0.215. The molecule has 0 aliphatic heterocycles. The van der Waals surface area contributed by atoms with Gasteiger partial charge in [-0.1, -0.05) is 0 Å².